The van der Waals surface area contributed by atoms with Gasteiger partial charge in [0.25, 0.3) is 0 Å². The number of aliphatic hydroxyl groups excluding tert-OH is 1. The number of nitrogens with one attached hydrogen (secondary N) is 1. The SMILES string of the molecule is CC1COC(CO)CN1C(=O)CN1CCCNCC1. The minimum atomic E-state index is -0.231. The smallest absolute Gasteiger partial charge is 0.237 e. The Labute approximate surface area is 114 Å². The van der Waals surface area contributed by atoms with Crippen LogP contribution in [0, 0.1) is 0 Å². The Morgan fingerprint density at radius 1 is 1.42 bits per heavy atom. The van der Waals surface area contributed by atoms with Gasteiger partial charge in [-0.2, -0.15) is 0 Å². The molecule has 0 aliphatic carbocycles. The number of hydrogen-bond donors (Lipinski definition) is 2. The Morgan fingerprint density at radius 3 is 3.05 bits per heavy atom. The van der Waals surface area contributed by atoms with Crippen molar-refractivity contribution in [2.45, 2.75) is 25.5 Å². The summed E-state index contributed by atoms with van der Waals surface area (Å²) >= 11 is 0. The minimum absolute atomic E-state index is 0.0237. The number of rotatable bonds is 3. The molecule has 0 aromatic heterocycles. The van der Waals surface area contributed by atoms with Gasteiger partial charge in [0.05, 0.1) is 31.9 Å². The van der Waals surface area contributed by atoms with Crippen LogP contribution in [0.4, 0.5) is 0 Å². The van der Waals surface area contributed by atoms with Crippen LogP contribution in [0.25, 0.3) is 0 Å². The topological polar surface area (TPSA) is 65.0 Å². The van der Waals surface area contributed by atoms with Gasteiger partial charge in [-0.25, -0.2) is 0 Å². The van der Waals surface area contributed by atoms with Gasteiger partial charge in [0.2, 0.25) is 5.91 Å². The molecule has 1 amide bonds. The molecule has 0 aromatic carbocycles. The number of amides is 1. The first-order valence-electron chi connectivity index (χ1n) is 7.15. The van der Waals surface area contributed by atoms with Crippen LogP contribution in [0.2, 0.25) is 0 Å². The van der Waals surface area contributed by atoms with E-state index in [4.69, 9.17) is 9.84 Å². The Hall–Kier alpha value is -0.690. The number of morpholine rings is 1. The second-order valence-corrected chi connectivity index (χ2v) is 5.41. The van der Waals surface area contributed by atoms with Crippen molar-refractivity contribution in [3.8, 4) is 0 Å². The van der Waals surface area contributed by atoms with Crippen LogP contribution in [0.5, 0.6) is 0 Å². The molecule has 2 unspecified atom stereocenters. The lowest BCUT2D eigenvalue weighted by Gasteiger charge is -2.38. The summed E-state index contributed by atoms with van der Waals surface area (Å²) < 4.78 is 5.46. The van der Waals surface area contributed by atoms with E-state index in [0.717, 1.165) is 32.6 Å². The monoisotopic (exact) mass is 271 g/mol. The van der Waals surface area contributed by atoms with Crippen LogP contribution in [0.1, 0.15) is 13.3 Å². The van der Waals surface area contributed by atoms with Gasteiger partial charge in [-0.3, -0.25) is 9.69 Å². The third-order valence-electron chi connectivity index (χ3n) is 3.82. The molecule has 0 spiro atoms. The van der Waals surface area contributed by atoms with Crippen molar-refractivity contribution < 1.29 is 14.6 Å². The predicted octanol–water partition coefficient (Wildman–Crippen LogP) is -1.11. The van der Waals surface area contributed by atoms with E-state index in [1.54, 1.807) is 0 Å². The number of carbonyl (C=O) groups is 1. The molecule has 6 heteroatoms. The second-order valence-electron chi connectivity index (χ2n) is 5.41. The average Bonchev–Trinajstić information content (AvgIpc) is 2.68. The molecule has 0 bridgehead atoms. The number of hydrogen-bond acceptors (Lipinski definition) is 5. The summed E-state index contributed by atoms with van der Waals surface area (Å²) in [7, 11) is 0. The summed E-state index contributed by atoms with van der Waals surface area (Å²) in [6.45, 7) is 7.34. The summed E-state index contributed by atoms with van der Waals surface area (Å²) in [4.78, 5) is 16.4. The van der Waals surface area contributed by atoms with Crippen LogP contribution in [-0.2, 0) is 9.53 Å². The van der Waals surface area contributed by atoms with E-state index in [9.17, 15) is 4.79 Å². The van der Waals surface area contributed by atoms with Crippen molar-refractivity contribution in [3.05, 3.63) is 0 Å². The molecule has 19 heavy (non-hydrogen) atoms. The molecular weight excluding hydrogens is 246 g/mol. The lowest BCUT2D eigenvalue weighted by molar-refractivity contribution is -0.147. The highest BCUT2D eigenvalue weighted by Gasteiger charge is 2.29. The van der Waals surface area contributed by atoms with Gasteiger partial charge in [-0.15, -0.1) is 0 Å². The fraction of sp³-hybridized carbons (Fsp3) is 0.923. The van der Waals surface area contributed by atoms with E-state index in [1.807, 2.05) is 11.8 Å². The van der Waals surface area contributed by atoms with Gasteiger partial charge in [0.15, 0.2) is 0 Å². The van der Waals surface area contributed by atoms with Crippen LogP contribution in [-0.4, -0.2) is 85.4 Å². The lowest BCUT2D eigenvalue weighted by atomic mass is 10.2. The number of nitrogens with zero attached hydrogens (tertiary/aromatic N) is 2. The van der Waals surface area contributed by atoms with Crippen molar-refractivity contribution in [1.82, 2.24) is 15.1 Å². The highest BCUT2D eigenvalue weighted by Crippen LogP contribution is 2.12. The summed E-state index contributed by atoms with van der Waals surface area (Å²) in [5.41, 5.74) is 0. The molecule has 0 saturated carbocycles. The maximum atomic E-state index is 12.4. The maximum absolute atomic E-state index is 12.4. The Balaban J connectivity index is 1.86. The molecule has 2 aliphatic heterocycles. The van der Waals surface area contributed by atoms with Crippen molar-refractivity contribution in [2.24, 2.45) is 0 Å². The van der Waals surface area contributed by atoms with Crippen molar-refractivity contribution in [2.75, 3.05) is 52.5 Å². The van der Waals surface area contributed by atoms with Crippen LogP contribution in [0.15, 0.2) is 0 Å². The van der Waals surface area contributed by atoms with Crippen molar-refractivity contribution in [3.63, 3.8) is 0 Å². The molecule has 110 valence electrons. The van der Waals surface area contributed by atoms with Crippen LogP contribution in [0.3, 0.4) is 0 Å². The Kier molecular flexibility index (Phi) is 5.57. The molecule has 2 heterocycles. The van der Waals surface area contributed by atoms with E-state index in [2.05, 4.69) is 10.2 Å². The second kappa shape index (κ2) is 7.19. The van der Waals surface area contributed by atoms with Gasteiger partial charge in [-0.05, 0) is 26.4 Å². The standard InChI is InChI=1S/C13H25N3O3/c1-11-10-19-12(9-17)7-16(11)13(18)8-15-5-2-3-14-4-6-15/h11-12,14,17H,2-10H2,1H3. The van der Waals surface area contributed by atoms with Gasteiger partial charge in [0, 0.05) is 19.6 Å². The molecule has 6 nitrogen and oxygen atoms in total. The molecule has 2 saturated heterocycles. The quantitative estimate of drug-likeness (QED) is 0.681. The highest BCUT2D eigenvalue weighted by molar-refractivity contribution is 5.78. The van der Waals surface area contributed by atoms with Gasteiger partial charge in [-0.1, -0.05) is 0 Å². The summed E-state index contributed by atoms with van der Waals surface area (Å²) in [5.74, 6) is 0.149. The molecule has 2 N–H and O–H groups in total. The highest BCUT2D eigenvalue weighted by atomic mass is 16.5. The third-order valence-corrected chi connectivity index (χ3v) is 3.82. The normalized spacial score (nSPS) is 30.1. The number of carbonyl (C=O) groups excluding carboxylic acids is 1. The van der Waals surface area contributed by atoms with E-state index < -0.39 is 0 Å². The molecule has 0 radical (unpaired) electrons. The summed E-state index contributed by atoms with van der Waals surface area (Å²) in [6.07, 6.45) is 0.858. The molecule has 2 atom stereocenters. The zero-order valence-corrected chi connectivity index (χ0v) is 11.7. The number of aliphatic hydroxyl groups is 1. The first kappa shape index (κ1) is 14.7. The number of ether oxygens (including phenoxy) is 1. The Bertz CT molecular complexity index is 293. The first-order chi connectivity index (χ1) is 9.20. The zero-order chi connectivity index (χ0) is 13.7. The summed E-state index contributed by atoms with van der Waals surface area (Å²) in [5, 5.41) is 12.5. The van der Waals surface area contributed by atoms with E-state index in [1.165, 1.54) is 0 Å². The van der Waals surface area contributed by atoms with Crippen LogP contribution < -0.4 is 5.32 Å². The molecular formula is C13H25N3O3. The van der Waals surface area contributed by atoms with E-state index in [0.29, 0.717) is 19.7 Å². The fourth-order valence-electron chi connectivity index (χ4n) is 2.62. The van der Waals surface area contributed by atoms with E-state index in [-0.39, 0.29) is 24.7 Å². The van der Waals surface area contributed by atoms with Gasteiger partial charge < -0.3 is 20.1 Å². The largest absolute Gasteiger partial charge is 0.394 e. The third kappa shape index (κ3) is 4.14. The van der Waals surface area contributed by atoms with Crippen molar-refractivity contribution >= 4 is 5.91 Å². The average molecular weight is 271 g/mol. The maximum Gasteiger partial charge on any atom is 0.237 e. The minimum Gasteiger partial charge on any atom is -0.394 e. The van der Waals surface area contributed by atoms with Gasteiger partial charge >= 0.3 is 0 Å². The molecule has 2 aliphatic rings. The molecule has 2 fully saturated rings. The predicted molar refractivity (Wildman–Crippen MR) is 71.9 cm³/mol. The van der Waals surface area contributed by atoms with Crippen molar-refractivity contribution in [1.29, 1.82) is 0 Å². The lowest BCUT2D eigenvalue weighted by Crippen LogP contribution is -2.54. The fourth-order valence-corrected chi connectivity index (χ4v) is 2.62. The summed E-state index contributed by atoms with van der Waals surface area (Å²) in [6, 6.07) is 0.0976. The first-order valence-corrected chi connectivity index (χ1v) is 7.15. The van der Waals surface area contributed by atoms with Crippen LogP contribution >= 0.6 is 0 Å². The van der Waals surface area contributed by atoms with Gasteiger partial charge in [0.1, 0.15) is 0 Å². The zero-order valence-electron chi connectivity index (χ0n) is 11.7. The molecule has 0 aromatic rings. The van der Waals surface area contributed by atoms with E-state index >= 15 is 0 Å². The Morgan fingerprint density at radius 2 is 2.26 bits per heavy atom. The molecule has 2 rings (SSSR count).